The zero-order valence-corrected chi connectivity index (χ0v) is 11.5. The van der Waals surface area contributed by atoms with Gasteiger partial charge in [-0.25, -0.2) is 0 Å². The molecule has 2 aliphatic rings. The summed E-state index contributed by atoms with van der Waals surface area (Å²) in [4.78, 5) is 2.67. The second kappa shape index (κ2) is 6.75. The first-order valence-corrected chi connectivity index (χ1v) is 7.77. The Morgan fingerprint density at radius 2 is 1.88 bits per heavy atom. The number of nitrogens with two attached hydrogens (primary N) is 1. The van der Waals surface area contributed by atoms with Crippen molar-refractivity contribution in [1.82, 2.24) is 4.90 Å². The van der Waals surface area contributed by atoms with E-state index in [1.165, 1.54) is 71.0 Å². The quantitative estimate of drug-likeness (QED) is 0.816. The molecule has 0 aromatic carbocycles. The van der Waals surface area contributed by atoms with E-state index in [9.17, 15) is 0 Å². The summed E-state index contributed by atoms with van der Waals surface area (Å²) >= 11 is 0. The van der Waals surface area contributed by atoms with E-state index < -0.39 is 0 Å². The van der Waals surface area contributed by atoms with Gasteiger partial charge in [-0.1, -0.05) is 45.4 Å². The fourth-order valence-electron chi connectivity index (χ4n) is 3.60. The lowest BCUT2D eigenvalue weighted by atomic mass is 9.86. The first-order valence-electron chi connectivity index (χ1n) is 7.77. The van der Waals surface area contributed by atoms with E-state index in [-0.39, 0.29) is 0 Å². The van der Waals surface area contributed by atoms with Gasteiger partial charge in [0.2, 0.25) is 0 Å². The largest absolute Gasteiger partial charge is 0.327 e. The molecule has 0 bridgehead atoms. The summed E-state index contributed by atoms with van der Waals surface area (Å²) in [5.41, 5.74) is 6.16. The van der Waals surface area contributed by atoms with Crippen molar-refractivity contribution < 1.29 is 0 Å². The Morgan fingerprint density at radius 3 is 2.59 bits per heavy atom. The zero-order valence-electron chi connectivity index (χ0n) is 11.5. The van der Waals surface area contributed by atoms with Gasteiger partial charge in [0.25, 0.3) is 0 Å². The molecule has 0 amide bonds. The van der Waals surface area contributed by atoms with Crippen molar-refractivity contribution in [3.8, 4) is 0 Å². The summed E-state index contributed by atoms with van der Waals surface area (Å²) in [5, 5.41) is 0. The Kier molecular flexibility index (Phi) is 5.30. The summed E-state index contributed by atoms with van der Waals surface area (Å²) in [6, 6.07) is 0.464. The monoisotopic (exact) mass is 238 g/mol. The van der Waals surface area contributed by atoms with Gasteiger partial charge in [-0.15, -0.1) is 0 Å². The van der Waals surface area contributed by atoms with Crippen LogP contribution >= 0.6 is 0 Å². The standard InChI is InChI=1S/C15H30N2/c1-2-14-12-17(11-9-15(14)16)10-8-13-6-4-3-5-7-13/h13-15H,2-12,16H2,1H3. The molecule has 1 aliphatic carbocycles. The van der Waals surface area contributed by atoms with Crippen LogP contribution in [0.3, 0.4) is 0 Å². The molecule has 2 unspecified atom stereocenters. The van der Waals surface area contributed by atoms with E-state index in [0.29, 0.717) is 6.04 Å². The van der Waals surface area contributed by atoms with Gasteiger partial charge in [0.15, 0.2) is 0 Å². The highest BCUT2D eigenvalue weighted by atomic mass is 15.1. The molecule has 2 nitrogen and oxygen atoms in total. The minimum atomic E-state index is 0.464. The van der Waals surface area contributed by atoms with Crippen molar-refractivity contribution in [3.05, 3.63) is 0 Å². The average Bonchev–Trinajstić information content (AvgIpc) is 2.39. The molecule has 100 valence electrons. The number of likely N-dealkylation sites (tertiary alicyclic amines) is 1. The number of rotatable bonds is 4. The SMILES string of the molecule is CCC1CN(CCC2CCCCC2)CCC1N. The number of piperidine rings is 1. The van der Waals surface area contributed by atoms with Crippen molar-refractivity contribution in [1.29, 1.82) is 0 Å². The number of hydrogen-bond acceptors (Lipinski definition) is 2. The van der Waals surface area contributed by atoms with Crippen LogP contribution < -0.4 is 5.73 Å². The van der Waals surface area contributed by atoms with Gasteiger partial charge < -0.3 is 10.6 Å². The van der Waals surface area contributed by atoms with Crippen LogP contribution in [0.4, 0.5) is 0 Å². The van der Waals surface area contributed by atoms with Gasteiger partial charge in [-0.3, -0.25) is 0 Å². The highest BCUT2D eigenvalue weighted by molar-refractivity contribution is 4.82. The molecular weight excluding hydrogens is 208 g/mol. The maximum Gasteiger partial charge on any atom is 0.00914 e. The van der Waals surface area contributed by atoms with Crippen LogP contribution in [0.5, 0.6) is 0 Å². The van der Waals surface area contributed by atoms with E-state index >= 15 is 0 Å². The minimum Gasteiger partial charge on any atom is -0.327 e. The average molecular weight is 238 g/mol. The van der Waals surface area contributed by atoms with Gasteiger partial charge in [-0.2, -0.15) is 0 Å². The molecule has 0 radical (unpaired) electrons. The molecular formula is C15H30N2. The maximum absolute atomic E-state index is 6.16. The fourth-order valence-corrected chi connectivity index (χ4v) is 3.60. The van der Waals surface area contributed by atoms with Gasteiger partial charge in [0.05, 0.1) is 0 Å². The van der Waals surface area contributed by atoms with Crippen LogP contribution in [0.15, 0.2) is 0 Å². The summed E-state index contributed by atoms with van der Waals surface area (Å²) in [6.07, 6.45) is 11.3. The summed E-state index contributed by atoms with van der Waals surface area (Å²) in [6.45, 7) is 6.11. The molecule has 0 aromatic heterocycles. The highest BCUT2D eigenvalue weighted by Gasteiger charge is 2.25. The number of nitrogens with zero attached hydrogens (tertiary/aromatic N) is 1. The van der Waals surface area contributed by atoms with E-state index in [1.54, 1.807) is 0 Å². The van der Waals surface area contributed by atoms with Crippen molar-refractivity contribution in [2.75, 3.05) is 19.6 Å². The lowest BCUT2D eigenvalue weighted by Gasteiger charge is -2.37. The Morgan fingerprint density at radius 1 is 1.12 bits per heavy atom. The molecule has 1 aliphatic heterocycles. The van der Waals surface area contributed by atoms with Gasteiger partial charge >= 0.3 is 0 Å². The molecule has 2 fully saturated rings. The molecule has 1 heterocycles. The summed E-state index contributed by atoms with van der Waals surface area (Å²) < 4.78 is 0. The Labute approximate surface area is 107 Å². The molecule has 0 aromatic rings. The lowest BCUT2D eigenvalue weighted by molar-refractivity contribution is 0.139. The number of hydrogen-bond donors (Lipinski definition) is 1. The van der Waals surface area contributed by atoms with E-state index in [4.69, 9.17) is 5.73 Å². The normalized spacial score (nSPS) is 32.8. The first kappa shape index (κ1) is 13.4. The second-order valence-electron chi connectivity index (χ2n) is 6.21. The third kappa shape index (κ3) is 3.96. The summed E-state index contributed by atoms with van der Waals surface area (Å²) in [5.74, 6) is 1.77. The smallest absolute Gasteiger partial charge is 0.00914 e. The predicted molar refractivity (Wildman–Crippen MR) is 74.0 cm³/mol. The van der Waals surface area contributed by atoms with E-state index in [2.05, 4.69) is 11.8 Å². The Bertz CT molecular complexity index is 211. The van der Waals surface area contributed by atoms with Crippen LogP contribution in [0, 0.1) is 11.8 Å². The van der Waals surface area contributed by atoms with Crippen LogP contribution in [0.2, 0.25) is 0 Å². The van der Waals surface area contributed by atoms with Gasteiger partial charge in [0, 0.05) is 12.6 Å². The van der Waals surface area contributed by atoms with Crippen molar-refractivity contribution in [2.45, 2.75) is 64.3 Å². The van der Waals surface area contributed by atoms with Gasteiger partial charge in [-0.05, 0) is 37.8 Å². The second-order valence-corrected chi connectivity index (χ2v) is 6.21. The minimum absolute atomic E-state index is 0.464. The zero-order chi connectivity index (χ0) is 12.1. The van der Waals surface area contributed by atoms with Crippen molar-refractivity contribution in [2.24, 2.45) is 17.6 Å². The molecule has 2 N–H and O–H groups in total. The fraction of sp³-hybridized carbons (Fsp3) is 1.00. The third-order valence-corrected chi connectivity index (χ3v) is 4.98. The van der Waals surface area contributed by atoms with Crippen LogP contribution in [-0.2, 0) is 0 Å². The molecule has 17 heavy (non-hydrogen) atoms. The molecule has 1 saturated carbocycles. The highest BCUT2D eigenvalue weighted by Crippen LogP contribution is 2.27. The van der Waals surface area contributed by atoms with Crippen LogP contribution in [0.25, 0.3) is 0 Å². The van der Waals surface area contributed by atoms with Crippen LogP contribution in [0.1, 0.15) is 58.3 Å². The topological polar surface area (TPSA) is 29.3 Å². The van der Waals surface area contributed by atoms with Crippen molar-refractivity contribution >= 4 is 0 Å². The predicted octanol–water partition coefficient (Wildman–Crippen LogP) is 3.02. The molecule has 0 spiro atoms. The molecule has 2 rings (SSSR count). The Hall–Kier alpha value is -0.0800. The lowest BCUT2D eigenvalue weighted by Crippen LogP contribution is -2.47. The maximum atomic E-state index is 6.16. The Balaban J connectivity index is 1.68. The van der Waals surface area contributed by atoms with Gasteiger partial charge in [0.1, 0.15) is 0 Å². The summed E-state index contributed by atoms with van der Waals surface area (Å²) in [7, 11) is 0. The molecule has 2 atom stereocenters. The van der Waals surface area contributed by atoms with Crippen LogP contribution in [-0.4, -0.2) is 30.6 Å². The van der Waals surface area contributed by atoms with Crippen molar-refractivity contribution in [3.63, 3.8) is 0 Å². The first-order chi connectivity index (χ1) is 8.29. The van der Waals surface area contributed by atoms with E-state index in [0.717, 1.165) is 11.8 Å². The molecule has 2 heteroatoms. The molecule has 1 saturated heterocycles. The van der Waals surface area contributed by atoms with E-state index in [1.807, 2.05) is 0 Å². The third-order valence-electron chi connectivity index (χ3n) is 4.98.